The number of carbonyl (C=O) groups is 1. The van der Waals surface area contributed by atoms with Crippen molar-refractivity contribution in [3.05, 3.63) is 35.4 Å². The average molecular weight is 276 g/mol. The summed E-state index contributed by atoms with van der Waals surface area (Å²) in [6, 6.07) is 7.84. The third-order valence-electron chi connectivity index (χ3n) is 3.72. The Balaban J connectivity index is 1.94. The molecule has 0 aliphatic carbocycles. The van der Waals surface area contributed by atoms with Crippen LogP contribution in [0.5, 0.6) is 0 Å². The molecule has 1 heterocycles. The van der Waals surface area contributed by atoms with E-state index in [-0.39, 0.29) is 24.6 Å². The number of benzene rings is 1. The van der Waals surface area contributed by atoms with Crippen LogP contribution in [-0.4, -0.2) is 29.7 Å². The number of amides is 1. The lowest BCUT2D eigenvalue weighted by Gasteiger charge is -2.27. The van der Waals surface area contributed by atoms with Gasteiger partial charge in [0, 0.05) is 6.54 Å². The molecule has 0 radical (unpaired) electrons. The van der Waals surface area contributed by atoms with Gasteiger partial charge in [0.05, 0.1) is 18.7 Å². The normalized spacial score (nSPS) is 19.5. The Morgan fingerprint density at radius 2 is 2.10 bits per heavy atom. The lowest BCUT2D eigenvalue weighted by Crippen LogP contribution is -2.51. The molecule has 0 spiro atoms. The molecule has 1 aliphatic heterocycles. The Morgan fingerprint density at radius 1 is 1.40 bits per heavy atom. The quantitative estimate of drug-likeness (QED) is 0.758. The van der Waals surface area contributed by atoms with Crippen LogP contribution in [0.15, 0.2) is 24.3 Å². The summed E-state index contributed by atoms with van der Waals surface area (Å²) in [5.41, 5.74) is 2.49. The van der Waals surface area contributed by atoms with Crippen molar-refractivity contribution in [3.8, 4) is 0 Å². The first kappa shape index (κ1) is 15.0. The largest absolute Gasteiger partial charge is 0.394 e. The second-order valence-electron chi connectivity index (χ2n) is 5.92. The van der Waals surface area contributed by atoms with Crippen molar-refractivity contribution in [1.82, 2.24) is 10.6 Å². The highest BCUT2D eigenvalue weighted by Crippen LogP contribution is 2.16. The highest BCUT2D eigenvalue weighted by atomic mass is 16.3. The predicted molar refractivity (Wildman–Crippen MR) is 79.2 cm³/mol. The summed E-state index contributed by atoms with van der Waals surface area (Å²) in [4.78, 5) is 12.3. The van der Waals surface area contributed by atoms with Crippen molar-refractivity contribution in [2.45, 2.75) is 45.3 Å². The molecule has 0 bridgehead atoms. The minimum absolute atomic E-state index is 0.00672. The highest BCUT2D eigenvalue weighted by Gasteiger charge is 2.25. The molecule has 3 N–H and O–H groups in total. The summed E-state index contributed by atoms with van der Waals surface area (Å²) in [5.74, 6) is 0.437. The monoisotopic (exact) mass is 276 g/mol. The molecule has 1 aliphatic rings. The van der Waals surface area contributed by atoms with Crippen molar-refractivity contribution in [2.75, 3.05) is 6.61 Å². The maximum Gasteiger partial charge on any atom is 0.237 e. The predicted octanol–water partition coefficient (Wildman–Crippen LogP) is 1.22. The molecule has 0 fully saturated rings. The summed E-state index contributed by atoms with van der Waals surface area (Å²) in [6.07, 6.45) is 1.51. The van der Waals surface area contributed by atoms with Gasteiger partial charge in [-0.05, 0) is 29.9 Å². The molecule has 1 unspecified atom stereocenters. The van der Waals surface area contributed by atoms with Gasteiger partial charge in [0.25, 0.3) is 0 Å². The van der Waals surface area contributed by atoms with Crippen molar-refractivity contribution < 1.29 is 9.90 Å². The third-order valence-corrected chi connectivity index (χ3v) is 3.72. The van der Waals surface area contributed by atoms with Gasteiger partial charge in [-0.3, -0.25) is 4.79 Å². The van der Waals surface area contributed by atoms with Crippen LogP contribution in [0, 0.1) is 5.92 Å². The van der Waals surface area contributed by atoms with Crippen LogP contribution in [0.25, 0.3) is 0 Å². The van der Waals surface area contributed by atoms with Gasteiger partial charge in [-0.15, -0.1) is 0 Å². The topological polar surface area (TPSA) is 61.4 Å². The number of aliphatic hydroxyl groups is 1. The zero-order valence-electron chi connectivity index (χ0n) is 12.2. The lowest BCUT2D eigenvalue weighted by atomic mass is 9.95. The van der Waals surface area contributed by atoms with E-state index in [1.165, 1.54) is 11.1 Å². The van der Waals surface area contributed by atoms with E-state index in [1.807, 2.05) is 12.1 Å². The van der Waals surface area contributed by atoms with Gasteiger partial charge in [-0.1, -0.05) is 38.1 Å². The first-order chi connectivity index (χ1) is 9.60. The van der Waals surface area contributed by atoms with E-state index in [2.05, 4.69) is 36.6 Å². The average Bonchev–Trinajstić information content (AvgIpc) is 2.45. The Kier molecular flexibility index (Phi) is 5.15. The van der Waals surface area contributed by atoms with Crippen LogP contribution in [-0.2, 0) is 17.8 Å². The van der Waals surface area contributed by atoms with E-state index in [0.29, 0.717) is 12.3 Å². The molecule has 2 atom stereocenters. The summed E-state index contributed by atoms with van der Waals surface area (Å²) >= 11 is 0. The second-order valence-corrected chi connectivity index (χ2v) is 5.92. The van der Waals surface area contributed by atoms with E-state index in [9.17, 15) is 9.90 Å². The molecular weight excluding hydrogens is 252 g/mol. The number of nitrogens with one attached hydrogen (secondary N) is 2. The number of rotatable bonds is 5. The number of hydrogen-bond donors (Lipinski definition) is 3. The molecule has 20 heavy (non-hydrogen) atoms. The Morgan fingerprint density at radius 3 is 2.75 bits per heavy atom. The van der Waals surface area contributed by atoms with E-state index in [1.54, 1.807) is 0 Å². The van der Waals surface area contributed by atoms with E-state index in [4.69, 9.17) is 0 Å². The van der Waals surface area contributed by atoms with Crippen molar-refractivity contribution in [2.24, 2.45) is 5.92 Å². The van der Waals surface area contributed by atoms with Gasteiger partial charge in [0.15, 0.2) is 0 Å². The highest BCUT2D eigenvalue weighted by molar-refractivity contribution is 5.82. The number of carbonyl (C=O) groups excluding carboxylic acids is 1. The fourth-order valence-corrected chi connectivity index (χ4v) is 2.69. The molecule has 4 heteroatoms. The maximum absolute atomic E-state index is 12.3. The van der Waals surface area contributed by atoms with Gasteiger partial charge in [-0.2, -0.15) is 0 Å². The van der Waals surface area contributed by atoms with Crippen LogP contribution in [0.1, 0.15) is 31.4 Å². The van der Waals surface area contributed by atoms with E-state index < -0.39 is 0 Å². The lowest BCUT2D eigenvalue weighted by molar-refractivity contribution is -0.124. The van der Waals surface area contributed by atoms with Crippen molar-refractivity contribution in [1.29, 1.82) is 0 Å². The smallest absolute Gasteiger partial charge is 0.237 e. The first-order valence-electron chi connectivity index (χ1n) is 7.31. The number of fused-ring (bicyclic) bond motifs is 1. The SMILES string of the molecule is CC(C)CC(CO)NC(=O)[C@H]1Cc2ccccc2CN1. The molecule has 0 saturated heterocycles. The standard InChI is InChI=1S/C16H24N2O2/c1-11(2)7-14(10-19)18-16(20)15-8-12-5-3-4-6-13(12)9-17-15/h3-6,11,14-15,17,19H,7-10H2,1-2H3,(H,18,20)/t14?,15-/m1/s1. The van der Waals surface area contributed by atoms with Crippen LogP contribution in [0.2, 0.25) is 0 Å². The summed E-state index contributed by atoms with van der Waals surface area (Å²) in [6.45, 7) is 4.89. The van der Waals surface area contributed by atoms with Crippen molar-refractivity contribution >= 4 is 5.91 Å². The molecule has 4 nitrogen and oxygen atoms in total. The van der Waals surface area contributed by atoms with Crippen LogP contribution in [0.3, 0.4) is 0 Å². The third kappa shape index (κ3) is 3.81. The minimum Gasteiger partial charge on any atom is -0.394 e. The van der Waals surface area contributed by atoms with Gasteiger partial charge in [0.1, 0.15) is 0 Å². The molecular formula is C16H24N2O2. The van der Waals surface area contributed by atoms with E-state index in [0.717, 1.165) is 13.0 Å². The molecule has 0 aromatic heterocycles. The molecule has 1 aromatic carbocycles. The molecule has 110 valence electrons. The molecule has 1 amide bonds. The number of hydrogen-bond acceptors (Lipinski definition) is 3. The van der Waals surface area contributed by atoms with Crippen LogP contribution < -0.4 is 10.6 Å². The number of aliphatic hydroxyl groups excluding tert-OH is 1. The fourth-order valence-electron chi connectivity index (χ4n) is 2.69. The second kappa shape index (κ2) is 6.86. The van der Waals surface area contributed by atoms with Gasteiger partial charge >= 0.3 is 0 Å². The van der Waals surface area contributed by atoms with Gasteiger partial charge in [0.2, 0.25) is 5.91 Å². The van der Waals surface area contributed by atoms with Gasteiger partial charge < -0.3 is 15.7 Å². The first-order valence-corrected chi connectivity index (χ1v) is 7.31. The summed E-state index contributed by atoms with van der Waals surface area (Å²) in [5, 5.41) is 15.6. The minimum atomic E-state index is -0.203. The molecule has 2 rings (SSSR count). The molecule has 1 aromatic rings. The van der Waals surface area contributed by atoms with Gasteiger partial charge in [-0.25, -0.2) is 0 Å². The summed E-state index contributed by atoms with van der Waals surface area (Å²) in [7, 11) is 0. The van der Waals surface area contributed by atoms with Crippen molar-refractivity contribution in [3.63, 3.8) is 0 Å². The summed E-state index contributed by atoms with van der Waals surface area (Å²) < 4.78 is 0. The Labute approximate surface area is 120 Å². The van der Waals surface area contributed by atoms with Crippen LogP contribution >= 0.6 is 0 Å². The maximum atomic E-state index is 12.3. The van der Waals surface area contributed by atoms with E-state index >= 15 is 0 Å². The Bertz CT molecular complexity index is 460. The zero-order valence-corrected chi connectivity index (χ0v) is 12.2. The zero-order chi connectivity index (χ0) is 14.5. The Hall–Kier alpha value is -1.39. The molecule has 0 saturated carbocycles. The fraction of sp³-hybridized carbons (Fsp3) is 0.562. The van der Waals surface area contributed by atoms with Crippen LogP contribution in [0.4, 0.5) is 0 Å².